The van der Waals surface area contributed by atoms with Crippen LogP contribution in [0.2, 0.25) is 0 Å². The molecule has 0 spiro atoms. The fraction of sp³-hybridized carbons (Fsp3) is 0.609. The molecule has 0 aromatic heterocycles. The predicted molar refractivity (Wildman–Crippen MR) is 129 cm³/mol. The lowest BCUT2D eigenvalue weighted by Crippen LogP contribution is -2.49. The van der Waals surface area contributed by atoms with Crippen LogP contribution < -0.4 is 25.8 Å². The molecule has 0 radical (unpaired) electrons. The summed E-state index contributed by atoms with van der Waals surface area (Å²) < 4.78 is 59.9. The Morgan fingerprint density at radius 2 is 1.87 bits per heavy atom. The molecule has 2 saturated heterocycles. The summed E-state index contributed by atoms with van der Waals surface area (Å²) in [6, 6.07) is 1.47. The van der Waals surface area contributed by atoms with Crippen molar-refractivity contribution >= 4 is 29.4 Å². The van der Waals surface area contributed by atoms with Crippen LogP contribution in [0, 0.1) is 11.6 Å². The molecule has 1 atom stereocenters. The number of ether oxygens (including phenoxy) is 1. The molecule has 1 aromatic carbocycles. The van der Waals surface area contributed by atoms with Gasteiger partial charge in [-0.15, -0.1) is 0 Å². The number of rotatable bonds is 11. The molecule has 11 nitrogen and oxygen atoms in total. The van der Waals surface area contributed by atoms with Crippen LogP contribution in [0.3, 0.4) is 0 Å². The Hall–Kier alpha value is -3.33. The average molecular weight is 549 g/mol. The third kappa shape index (κ3) is 7.37. The van der Waals surface area contributed by atoms with Crippen LogP contribution in [-0.4, -0.2) is 94.6 Å². The van der Waals surface area contributed by atoms with Crippen LogP contribution >= 0.6 is 0 Å². The van der Waals surface area contributed by atoms with Crippen molar-refractivity contribution in [3.8, 4) is 0 Å². The van der Waals surface area contributed by atoms with E-state index in [-0.39, 0.29) is 50.1 Å². The highest BCUT2D eigenvalue weighted by atomic mass is 19.3. The number of carbonyl (C=O) groups excluding carboxylic acids is 3. The van der Waals surface area contributed by atoms with Crippen molar-refractivity contribution in [3.05, 3.63) is 23.8 Å². The van der Waals surface area contributed by atoms with Crippen molar-refractivity contribution in [2.45, 2.75) is 38.3 Å². The fourth-order valence-corrected chi connectivity index (χ4v) is 4.27. The third-order valence-corrected chi connectivity index (χ3v) is 6.27. The molecule has 0 aliphatic carbocycles. The zero-order valence-electron chi connectivity index (χ0n) is 21.1. The number of amides is 4. The first-order valence-electron chi connectivity index (χ1n) is 12.2. The van der Waals surface area contributed by atoms with E-state index in [4.69, 9.17) is 9.57 Å². The molecule has 2 fully saturated rings. The number of carbonyl (C=O) groups is 3. The molecule has 0 saturated carbocycles. The lowest BCUT2D eigenvalue weighted by Gasteiger charge is -2.30. The number of hydroxylamine groups is 2. The Bertz CT molecular complexity index is 974. The monoisotopic (exact) mass is 548 g/mol. The summed E-state index contributed by atoms with van der Waals surface area (Å²) in [6.07, 6.45) is -3.57. The topological polar surface area (TPSA) is 115 Å². The van der Waals surface area contributed by atoms with Gasteiger partial charge in [-0.1, -0.05) is 0 Å². The minimum Gasteiger partial charge on any atom is -0.442 e. The van der Waals surface area contributed by atoms with Crippen LogP contribution in [0.1, 0.15) is 19.8 Å². The van der Waals surface area contributed by atoms with Gasteiger partial charge < -0.3 is 25.6 Å². The summed E-state index contributed by atoms with van der Waals surface area (Å²) in [5.74, 6) is -3.42. The van der Waals surface area contributed by atoms with Crippen molar-refractivity contribution in [1.29, 1.82) is 0 Å². The number of halogens is 4. The van der Waals surface area contributed by atoms with Crippen LogP contribution in [0.5, 0.6) is 0 Å². The van der Waals surface area contributed by atoms with E-state index in [9.17, 15) is 23.2 Å². The van der Waals surface area contributed by atoms with E-state index >= 15 is 8.78 Å². The number of urea groups is 1. The quantitative estimate of drug-likeness (QED) is 0.286. The number of cyclic esters (lactones) is 1. The second kappa shape index (κ2) is 13.5. The molecule has 3 N–H and O–H groups in total. The lowest BCUT2D eigenvalue weighted by molar-refractivity contribution is -0.132. The van der Waals surface area contributed by atoms with Crippen molar-refractivity contribution < 1.29 is 41.5 Å². The van der Waals surface area contributed by atoms with Gasteiger partial charge in [-0.25, -0.2) is 23.4 Å². The van der Waals surface area contributed by atoms with Crippen LogP contribution in [0.25, 0.3) is 0 Å². The van der Waals surface area contributed by atoms with Gasteiger partial charge in [0.2, 0.25) is 0 Å². The molecule has 0 bridgehead atoms. The minimum atomic E-state index is -3.22. The first kappa shape index (κ1) is 29.2. The second-order valence-corrected chi connectivity index (χ2v) is 8.76. The van der Waals surface area contributed by atoms with Crippen LogP contribution in [0.15, 0.2) is 12.1 Å². The lowest BCUT2D eigenvalue weighted by atomic mass is 10.1. The normalized spacial score (nSPS) is 17.9. The van der Waals surface area contributed by atoms with Gasteiger partial charge >= 0.3 is 18.5 Å². The number of hydrogen-bond donors (Lipinski definition) is 3. The van der Waals surface area contributed by atoms with Crippen molar-refractivity contribution in [2.75, 3.05) is 62.7 Å². The van der Waals surface area contributed by atoms with Gasteiger partial charge in [-0.05, 0) is 32.9 Å². The van der Waals surface area contributed by atoms with Gasteiger partial charge in [0.05, 0.1) is 32.4 Å². The molecule has 15 heteroatoms. The zero-order chi connectivity index (χ0) is 27.8. The third-order valence-electron chi connectivity index (χ3n) is 6.27. The summed E-state index contributed by atoms with van der Waals surface area (Å²) >= 11 is 0. The van der Waals surface area contributed by atoms with E-state index in [1.54, 1.807) is 6.92 Å². The Labute approximate surface area is 217 Å². The molecular formula is C23H32F4N6O5. The van der Waals surface area contributed by atoms with E-state index in [0.717, 1.165) is 48.0 Å². The summed E-state index contributed by atoms with van der Waals surface area (Å²) in [4.78, 5) is 43.3. The standard InChI is InChI=1S/C23H32F4N6O5/c1-3-31(8-9-33(37-2)22(35)30-14-4-6-28-7-5-14)19-17(24)10-15(11-18(19)25)32-13-16(38-23(32)36)12-29-21(34)20(26)27/h10-11,14,16,20,28H,3-9,12-13H2,1-2H3,(H,29,34)(H,30,35)/t16-/m0/s1. The number of likely N-dealkylation sites (N-methyl/N-ethyl adjacent to an activating group) is 1. The number of hydrogen-bond acceptors (Lipinski definition) is 7. The first-order valence-corrected chi connectivity index (χ1v) is 12.2. The van der Waals surface area contributed by atoms with E-state index in [1.807, 2.05) is 5.32 Å². The molecule has 0 unspecified atom stereocenters. The van der Waals surface area contributed by atoms with E-state index in [1.165, 1.54) is 12.0 Å². The van der Waals surface area contributed by atoms with Crippen LogP contribution in [-0.2, 0) is 14.4 Å². The summed E-state index contributed by atoms with van der Waals surface area (Å²) in [5.41, 5.74) is -0.480. The highest BCUT2D eigenvalue weighted by Crippen LogP contribution is 2.31. The molecule has 212 valence electrons. The zero-order valence-corrected chi connectivity index (χ0v) is 21.1. The Balaban J connectivity index is 1.63. The van der Waals surface area contributed by atoms with Crippen molar-refractivity contribution in [3.63, 3.8) is 0 Å². The number of nitrogens with one attached hydrogen (secondary N) is 3. The average Bonchev–Trinajstić information content (AvgIpc) is 3.26. The molecular weight excluding hydrogens is 516 g/mol. The van der Waals surface area contributed by atoms with Gasteiger partial charge in [-0.3, -0.25) is 14.5 Å². The molecule has 38 heavy (non-hydrogen) atoms. The number of nitrogens with zero attached hydrogens (tertiary/aromatic N) is 3. The van der Waals surface area contributed by atoms with Gasteiger partial charge in [0, 0.05) is 31.3 Å². The maximum Gasteiger partial charge on any atom is 0.414 e. The highest BCUT2D eigenvalue weighted by Gasteiger charge is 2.34. The number of benzene rings is 1. The van der Waals surface area contributed by atoms with Crippen molar-refractivity contribution in [1.82, 2.24) is 21.0 Å². The molecule has 2 aliphatic heterocycles. The van der Waals surface area contributed by atoms with E-state index in [0.29, 0.717) is 0 Å². The summed E-state index contributed by atoms with van der Waals surface area (Å²) in [6.45, 7) is 2.98. The second-order valence-electron chi connectivity index (χ2n) is 8.76. The van der Waals surface area contributed by atoms with Gasteiger partial charge in [0.15, 0.2) is 11.6 Å². The Kier molecular flexibility index (Phi) is 10.4. The van der Waals surface area contributed by atoms with Gasteiger partial charge in [0.1, 0.15) is 11.8 Å². The predicted octanol–water partition coefficient (Wildman–Crippen LogP) is 1.82. The maximum absolute atomic E-state index is 15.1. The Morgan fingerprint density at radius 3 is 2.45 bits per heavy atom. The molecule has 3 rings (SSSR count). The minimum absolute atomic E-state index is 0.00330. The fourth-order valence-electron chi connectivity index (χ4n) is 4.27. The van der Waals surface area contributed by atoms with Gasteiger partial charge in [0.25, 0.3) is 5.91 Å². The number of alkyl halides is 2. The largest absolute Gasteiger partial charge is 0.442 e. The smallest absolute Gasteiger partial charge is 0.414 e. The Morgan fingerprint density at radius 1 is 1.21 bits per heavy atom. The molecule has 4 amide bonds. The maximum atomic E-state index is 15.1. The van der Waals surface area contributed by atoms with E-state index in [2.05, 4.69) is 10.6 Å². The molecule has 1 aromatic rings. The number of anilines is 2. The highest BCUT2D eigenvalue weighted by molar-refractivity contribution is 5.90. The van der Waals surface area contributed by atoms with Gasteiger partial charge in [-0.2, -0.15) is 8.78 Å². The van der Waals surface area contributed by atoms with E-state index < -0.39 is 42.2 Å². The molecule has 2 heterocycles. The summed E-state index contributed by atoms with van der Waals surface area (Å²) in [5, 5.41) is 9.11. The van der Waals surface area contributed by atoms with Crippen molar-refractivity contribution in [2.24, 2.45) is 0 Å². The first-order chi connectivity index (χ1) is 18.1. The van der Waals surface area contributed by atoms with Crippen LogP contribution in [0.4, 0.5) is 38.5 Å². The number of piperidine rings is 1. The summed E-state index contributed by atoms with van der Waals surface area (Å²) in [7, 11) is 1.33. The SMILES string of the molecule is CCN(CCN(OC)C(=O)NC1CCNCC1)c1c(F)cc(N2C[C@H](CNC(=O)C(F)F)OC2=O)cc1F. The molecule has 2 aliphatic rings.